The third-order valence-corrected chi connectivity index (χ3v) is 2.29. The molecule has 1 aromatic rings. The number of nitrogens with one attached hydrogen (secondary N) is 2. The molecule has 1 unspecified atom stereocenters. The number of nitrogens with two attached hydrogens (primary N) is 1. The lowest BCUT2D eigenvalue weighted by Crippen LogP contribution is -2.22. The topological polar surface area (TPSA) is 84.2 Å². The summed E-state index contributed by atoms with van der Waals surface area (Å²) in [5, 5.41) is 4.71. The van der Waals surface area contributed by atoms with E-state index in [1.807, 2.05) is 18.2 Å². The van der Waals surface area contributed by atoms with Gasteiger partial charge in [-0.2, -0.15) is 0 Å². The number of hydrogen-bond acceptors (Lipinski definition) is 3. The molecule has 2 rings (SSSR count). The van der Waals surface area contributed by atoms with Crippen LogP contribution in [0.4, 0.5) is 4.79 Å². The zero-order valence-corrected chi connectivity index (χ0v) is 7.99. The van der Waals surface area contributed by atoms with Gasteiger partial charge < -0.3 is 11.1 Å². The molecular formula is C10H11N3O2. The van der Waals surface area contributed by atoms with E-state index in [4.69, 9.17) is 5.73 Å². The van der Waals surface area contributed by atoms with Crippen molar-refractivity contribution >= 4 is 11.9 Å². The summed E-state index contributed by atoms with van der Waals surface area (Å²) in [7, 11) is 0. The molecule has 1 saturated heterocycles. The minimum absolute atomic E-state index is 0.325. The molecule has 0 aromatic heterocycles. The molecule has 4 N–H and O–H groups in total. The van der Waals surface area contributed by atoms with Crippen LogP contribution in [0.2, 0.25) is 0 Å². The first-order valence-corrected chi connectivity index (χ1v) is 4.61. The summed E-state index contributed by atoms with van der Waals surface area (Å²) in [5.41, 5.74) is 7.17. The maximum absolute atomic E-state index is 11.4. The van der Waals surface area contributed by atoms with Crippen LogP contribution in [-0.4, -0.2) is 11.9 Å². The number of rotatable bonds is 2. The Morgan fingerprint density at radius 3 is 2.73 bits per heavy atom. The second-order valence-electron chi connectivity index (χ2n) is 3.34. The van der Waals surface area contributed by atoms with Gasteiger partial charge in [0.15, 0.2) is 0 Å². The summed E-state index contributed by atoms with van der Waals surface area (Å²) in [6, 6.07) is 6.24. The first kappa shape index (κ1) is 9.67. The Bertz CT molecular complexity index is 417. The van der Waals surface area contributed by atoms with Gasteiger partial charge in [0.2, 0.25) is 0 Å². The number of amides is 3. The van der Waals surface area contributed by atoms with Crippen LogP contribution in [0.15, 0.2) is 24.3 Å². The molecular weight excluding hydrogens is 194 g/mol. The van der Waals surface area contributed by atoms with Crippen molar-refractivity contribution in [2.45, 2.75) is 12.6 Å². The molecule has 15 heavy (non-hydrogen) atoms. The normalized spacial score (nSPS) is 19.9. The molecule has 1 atom stereocenters. The summed E-state index contributed by atoms with van der Waals surface area (Å²) < 4.78 is 0. The Hall–Kier alpha value is -1.88. The lowest BCUT2D eigenvalue weighted by atomic mass is 10.0. The van der Waals surface area contributed by atoms with Gasteiger partial charge in [-0.15, -0.1) is 0 Å². The maximum atomic E-state index is 11.4. The molecule has 1 heterocycles. The van der Waals surface area contributed by atoms with E-state index in [-0.39, 0.29) is 5.91 Å². The second-order valence-corrected chi connectivity index (χ2v) is 3.34. The van der Waals surface area contributed by atoms with E-state index in [9.17, 15) is 9.59 Å². The van der Waals surface area contributed by atoms with E-state index in [2.05, 4.69) is 10.6 Å². The van der Waals surface area contributed by atoms with E-state index >= 15 is 0 Å². The zero-order valence-electron chi connectivity index (χ0n) is 7.99. The minimum atomic E-state index is -0.594. The monoisotopic (exact) mass is 205 g/mol. The predicted octanol–water partition coefficient (Wildman–Crippen LogP) is 0.0258. The molecule has 1 aliphatic rings. The van der Waals surface area contributed by atoms with Gasteiger partial charge in [0, 0.05) is 6.54 Å². The van der Waals surface area contributed by atoms with Gasteiger partial charge in [0.1, 0.15) is 6.04 Å². The van der Waals surface area contributed by atoms with Crippen LogP contribution in [0, 0.1) is 0 Å². The number of benzene rings is 1. The van der Waals surface area contributed by atoms with E-state index in [0.717, 1.165) is 11.1 Å². The number of carbonyl (C=O) groups is 2. The largest absolute Gasteiger partial charge is 0.326 e. The molecule has 0 bridgehead atoms. The fourth-order valence-corrected chi connectivity index (χ4v) is 1.55. The number of urea groups is 1. The molecule has 0 aliphatic carbocycles. The smallest absolute Gasteiger partial charge is 0.322 e. The van der Waals surface area contributed by atoms with Gasteiger partial charge in [-0.25, -0.2) is 4.79 Å². The van der Waals surface area contributed by atoms with Crippen molar-refractivity contribution in [2.24, 2.45) is 5.73 Å². The summed E-state index contributed by atoms with van der Waals surface area (Å²) in [4.78, 5) is 22.3. The molecule has 1 aliphatic heterocycles. The van der Waals surface area contributed by atoms with Crippen molar-refractivity contribution in [1.29, 1.82) is 0 Å². The highest BCUT2D eigenvalue weighted by atomic mass is 16.2. The third-order valence-electron chi connectivity index (χ3n) is 2.29. The van der Waals surface area contributed by atoms with Crippen LogP contribution in [0.3, 0.4) is 0 Å². The van der Waals surface area contributed by atoms with Gasteiger partial charge in [-0.3, -0.25) is 10.1 Å². The molecule has 5 heteroatoms. The van der Waals surface area contributed by atoms with Gasteiger partial charge in [0.25, 0.3) is 5.91 Å². The number of hydrogen-bond donors (Lipinski definition) is 3. The summed E-state index contributed by atoms with van der Waals surface area (Å²) in [6.45, 7) is 0.413. The highest BCUT2D eigenvalue weighted by Crippen LogP contribution is 2.17. The Kier molecular flexibility index (Phi) is 2.39. The third kappa shape index (κ3) is 1.82. The quantitative estimate of drug-likeness (QED) is 0.595. The van der Waals surface area contributed by atoms with Crippen LogP contribution in [0.5, 0.6) is 0 Å². The van der Waals surface area contributed by atoms with Crippen molar-refractivity contribution < 1.29 is 9.59 Å². The maximum Gasteiger partial charge on any atom is 0.322 e. The van der Waals surface area contributed by atoms with Crippen molar-refractivity contribution in [3.05, 3.63) is 35.4 Å². The van der Waals surface area contributed by atoms with Crippen LogP contribution in [0.1, 0.15) is 17.2 Å². The SMILES string of the molecule is NCc1cccc(C2NC(=O)NC2=O)c1. The Balaban J connectivity index is 2.29. The van der Waals surface area contributed by atoms with E-state index in [1.54, 1.807) is 6.07 Å². The van der Waals surface area contributed by atoms with Crippen LogP contribution >= 0.6 is 0 Å². The average molecular weight is 205 g/mol. The van der Waals surface area contributed by atoms with Gasteiger partial charge in [0.05, 0.1) is 0 Å². The van der Waals surface area contributed by atoms with E-state index in [0.29, 0.717) is 6.54 Å². The fourth-order valence-electron chi connectivity index (χ4n) is 1.55. The van der Waals surface area contributed by atoms with Crippen LogP contribution in [-0.2, 0) is 11.3 Å². The fraction of sp³-hybridized carbons (Fsp3) is 0.200. The molecule has 78 valence electrons. The van der Waals surface area contributed by atoms with Crippen molar-refractivity contribution in [3.8, 4) is 0 Å². The Labute approximate surface area is 86.6 Å². The first-order chi connectivity index (χ1) is 7.20. The average Bonchev–Trinajstić information content (AvgIpc) is 2.58. The van der Waals surface area contributed by atoms with Gasteiger partial charge >= 0.3 is 6.03 Å². The lowest BCUT2D eigenvalue weighted by Gasteiger charge is -2.08. The summed E-state index contributed by atoms with van der Waals surface area (Å²) in [6.07, 6.45) is 0. The van der Waals surface area contributed by atoms with Crippen LogP contribution in [0.25, 0.3) is 0 Å². The lowest BCUT2D eigenvalue weighted by molar-refractivity contribution is -0.120. The number of imide groups is 1. The minimum Gasteiger partial charge on any atom is -0.326 e. The van der Waals surface area contributed by atoms with Gasteiger partial charge in [-0.05, 0) is 11.1 Å². The standard InChI is InChI=1S/C10H11N3O2/c11-5-6-2-1-3-7(4-6)8-9(14)13-10(15)12-8/h1-4,8H,5,11H2,(H2,12,13,14,15). The van der Waals surface area contributed by atoms with E-state index in [1.165, 1.54) is 0 Å². The Morgan fingerprint density at radius 2 is 2.13 bits per heavy atom. The predicted molar refractivity (Wildman–Crippen MR) is 53.7 cm³/mol. The summed E-state index contributed by atoms with van der Waals surface area (Å²) >= 11 is 0. The molecule has 1 aromatic carbocycles. The summed E-state index contributed by atoms with van der Waals surface area (Å²) in [5.74, 6) is -0.325. The molecule has 3 amide bonds. The molecule has 0 spiro atoms. The number of carbonyl (C=O) groups excluding carboxylic acids is 2. The second kappa shape index (κ2) is 3.70. The van der Waals surface area contributed by atoms with E-state index < -0.39 is 12.1 Å². The van der Waals surface area contributed by atoms with Crippen LogP contribution < -0.4 is 16.4 Å². The molecule has 0 saturated carbocycles. The molecule has 0 radical (unpaired) electrons. The highest BCUT2D eigenvalue weighted by molar-refractivity contribution is 6.04. The van der Waals surface area contributed by atoms with Crippen molar-refractivity contribution in [3.63, 3.8) is 0 Å². The Morgan fingerprint density at radius 1 is 1.33 bits per heavy atom. The first-order valence-electron chi connectivity index (χ1n) is 4.61. The van der Waals surface area contributed by atoms with Crippen molar-refractivity contribution in [1.82, 2.24) is 10.6 Å². The van der Waals surface area contributed by atoms with Crippen molar-refractivity contribution in [2.75, 3.05) is 0 Å². The zero-order chi connectivity index (χ0) is 10.8. The molecule has 5 nitrogen and oxygen atoms in total. The highest BCUT2D eigenvalue weighted by Gasteiger charge is 2.30. The molecule has 1 fully saturated rings. The van der Waals surface area contributed by atoms with Gasteiger partial charge in [-0.1, -0.05) is 24.3 Å².